The zero-order chi connectivity index (χ0) is 24.8. The lowest BCUT2D eigenvalue weighted by atomic mass is 9.92. The molecule has 0 radical (unpaired) electrons. The van der Waals surface area contributed by atoms with Gasteiger partial charge >= 0.3 is 12.1 Å². The van der Waals surface area contributed by atoms with Gasteiger partial charge < -0.3 is 30.0 Å². The average molecular weight is 483 g/mol. The second-order valence-corrected chi connectivity index (χ2v) is 8.82. The van der Waals surface area contributed by atoms with Gasteiger partial charge in [-0.2, -0.15) is 0 Å². The Labute approximate surface area is 203 Å². The number of ether oxygens (including phenoxy) is 3. The summed E-state index contributed by atoms with van der Waals surface area (Å²) >= 11 is 0. The van der Waals surface area contributed by atoms with Crippen LogP contribution in [0.2, 0.25) is 0 Å². The largest absolute Gasteiger partial charge is 0.480 e. The van der Waals surface area contributed by atoms with Gasteiger partial charge in [-0.3, -0.25) is 4.79 Å². The minimum Gasteiger partial charge on any atom is -0.480 e. The van der Waals surface area contributed by atoms with Crippen molar-refractivity contribution in [1.82, 2.24) is 10.6 Å². The van der Waals surface area contributed by atoms with E-state index in [1.165, 1.54) is 7.11 Å². The fourth-order valence-corrected chi connectivity index (χ4v) is 4.81. The molecule has 9 nitrogen and oxygen atoms in total. The van der Waals surface area contributed by atoms with E-state index >= 15 is 0 Å². The van der Waals surface area contributed by atoms with Gasteiger partial charge in [0.1, 0.15) is 6.61 Å². The molecule has 186 valence electrons. The second kappa shape index (κ2) is 11.3. The zero-order valence-corrected chi connectivity index (χ0v) is 19.6. The van der Waals surface area contributed by atoms with E-state index in [0.29, 0.717) is 13.0 Å². The van der Waals surface area contributed by atoms with Crippen molar-refractivity contribution in [2.75, 3.05) is 33.5 Å². The topological polar surface area (TPSA) is 123 Å². The van der Waals surface area contributed by atoms with Crippen LogP contribution in [-0.4, -0.2) is 68.7 Å². The van der Waals surface area contributed by atoms with Gasteiger partial charge in [-0.25, -0.2) is 9.59 Å². The van der Waals surface area contributed by atoms with Crippen molar-refractivity contribution in [3.05, 3.63) is 59.7 Å². The van der Waals surface area contributed by atoms with Crippen molar-refractivity contribution in [2.45, 2.75) is 30.8 Å². The predicted molar refractivity (Wildman–Crippen MR) is 127 cm³/mol. The Kier molecular flexibility index (Phi) is 7.99. The summed E-state index contributed by atoms with van der Waals surface area (Å²) in [6.45, 7) is 0.798. The van der Waals surface area contributed by atoms with Gasteiger partial charge in [-0.15, -0.1) is 0 Å². The number of hydrogen-bond donors (Lipinski definition) is 3. The van der Waals surface area contributed by atoms with Crippen molar-refractivity contribution in [1.29, 1.82) is 0 Å². The number of rotatable bonds is 9. The molecule has 4 rings (SSSR count). The lowest BCUT2D eigenvalue weighted by molar-refractivity contribution is -0.143. The minimum absolute atomic E-state index is 0.0157. The van der Waals surface area contributed by atoms with Crippen molar-refractivity contribution in [2.24, 2.45) is 5.92 Å². The van der Waals surface area contributed by atoms with Crippen LogP contribution in [0.1, 0.15) is 29.9 Å². The van der Waals surface area contributed by atoms with Gasteiger partial charge in [-0.1, -0.05) is 48.5 Å². The summed E-state index contributed by atoms with van der Waals surface area (Å²) in [5.41, 5.74) is 4.57. The van der Waals surface area contributed by atoms with E-state index < -0.39 is 24.0 Å². The molecule has 0 spiro atoms. The molecule has 1 heterocycles. The molecule has 0 aromatic heterocycles. The summed E-state index contributed by atoms with van der Waals surface area (Å²) in [6, 6.07) is 14.8. The number of methoxy groups -OCH3 is 1. The SMILES string of the molecule is COC[C@H](NC(=O)CC1COCCC1NC(=O)OCC1c2ccccc2-c2ccccc21)C(=O)O. The highest BCUT2D eigenvalue weighted by Crippen LogP contribution is 2.44. The van der Waals surface area contributed by atoms with Crippen LogP contribution in [-0.2, 0) is 23.8 Å². The Hall–Kier alpha value is -3.43. The highest BCUT2D eigenvalue weighted by atomic mass is 16.5. The van der Waals surface area contributed by atoms with Gasteiger partial charge in [0.2, 0.25) is 5.91 Å². The first kappa shape index (κ1) is 24.7. The Morgan fingerprint density at radius 2 is 1.74 bits per heavy atom. The van der Waals surface area contributed by atoms with Crippen LogP contribution in [0.4, 0.5) is 4.79 Å². The van der Waals surface area contributed by atoms with E-state index in [4.69, 9.17) is 14.2 Å². The van der Waals surface area contributed by atoms with Gasteiger partial charge in [0.25, 0.3) is 0 Å². The number of aliphatic carboxylic acids is 1. The summed E-state index contributed by atoms with van der Waals surface area (Å²) in [7, 11) is 1.37. The van der Waals surface area contributed by atoms with E-state index in [2.05, 4.69) is 34.9 Å². The molecule has 0 bridgehead atoms. The Morgan fingerprint density at radius 3 is 2.37 bits per heavy atom. The monoisotopic (exact) mass is 482 g/mol. The van der Waals surface area contributed by atoms with Crippen LogP contribution in [0, 0.1) is 5.92 Å². The predicted octanol–water partition coefficient (Wildman–Crippen LogP) is 2.54. The maximum Gasteiger partial charge on any atom is 0.407 e. The van der Waals surface area contributed by atoms with Crippen LogP contribution in [0.5, 0.6) is 0 Å². The lowest BCUT2D eigenvalue weighted by Gasteiger charge is -2.32. The van der Waals surface area contributed by atoms with Crippen molar-refractivity contribution in [3.63, 3.8) is 0 Å². The maximum atomic E-state index is 12.7. The summed E-state index contributed by atoms with van der Waals surface area (Å²) in [5.74, 6) is -1.96. The number of carboxylic acids is 1. The third kappa shape index (κ3) is 5.80. The number of carbonyl (C=O) groups excluding carboxylic acids is 2. The molecule has 1 aliphatic carbocycles. The van der Waals surface area contributed by atoms with Gasteiger partial charge in [0.05, 0.1) is 13.2 Å². The molecule has 2 aliphatic rings. The molecule has 35 heavy (non-hydrogen) atoms. The van der Waals surface area contributed by atoms with E-state index in [9.17, 15) is 19.5 Å². The first-order chi connectivity index (χ1) is 17.0. The Morgan fingerprint density at radius 1 is 1.09 bits per heavy atom. The molecular formula is C26H30N2O7. The molecule has 2 amide bonds. The van der Waals surface area contributed by atoms with Crippen molar-refractivity contribution in [3.8, 4) is 11.1 Å². The minimum atomic E-state index is -1.17. The third-order valence-corrected chi connectivity index (χ3v) is 6.54. The molecule has 3 N–H and O–H groups in total. The van der Waals surface area contributed by atoms with E-state index in [-0.39, 0.29) is 44.1 Å². The fourth-order valence-electron chi connectivity index (χ4n) is 4.81. The van der Waals surface area contributed by atoms with E-state index in [1.807, 2.05) is 24.3 Å². The average Bonchev–Trinajstić information content (AvgIpc) is 3.17. The Bertz CT molecular complexity index is 1030. The molecule has 2 unspecified atom stereocenters. The molecule has 1 aliphatic heterocycles. The third-order valence-electron chi connectivity index (χ3n) is 6.54. The van der Waals surface area contributed by atoms with E-state index in [0.717, 1.165) is 22.3 Å². The Balaban J connectivity index is 1.34. The quantitative estimate of drug-likeness (QED) is 0.502. The smallest absolute Gasteiger partial charge is 0.407 e. The number of fused-ring (bicyclic) bond motifs is 3. The molecule has 2 aromatic rings. The van der Waals surface area contributed by atoms with Crippen LogP contribution in [0.3, 0.4) is 0 Å². The fraction of sp³-hybridized carbons (Fsp3) is 0.423. The van der Waals surface area contributed by atoms with Gasteiger partial charge in [0, 0.05) is 38.0 Å². The number of alkyl carbamates (subject to hydrolysis) is 1. The molecule has 9 heteroatoms. The molecule has 3 atom stereocenters. The number of hydrogen-bond acceptors (Lipinski definition) is 6. The first-order valence-electron chi connectivity index (χ1n) is 11.7. The molecular weight excluding hydrogens is 452 g/mol. The first-order valence-corrected chi connectivity index (χ1v) is 11.7. The van der Waals surface area contributed by atoms with Gasteiger partial charge in [-0.05, 0) is 28.7 Å². The van der Waals surface area contributed by atoms with Crippen LogP contribution in [0.15, 0.2) is 48.5 Å². The second-order valence-electron chi connectivity index (χ2n) is 8.82. The molecule has 1 saturated heterocycles. The normalized spacial score (nSPS) is 19.8. The van der Waals surface area contributed by atoms with Crippen LogP contribution in [0.25, 0.3) is 11.1 Å². The molecule has 0 saturated carbocycles. The van der Waals surface area contributed by atoms with Crippen molar-refractivity contribution >= 4 is 18.0 Å². The number of amides is 2. The van der Waals surface area contributed by atoms with Gasteiger partial charge in [0.15, 0.2) is 6.04 Å². The number of carbonyl (C=O) groups is 3. The number of nitrogens with one attached hydrogen (secondary N) is 2. The zero-order valence-electron chi connectivity index (χ0n) is 19.6. The molecule has 1 fully saturated rings. The highest BCUT2D eigenvalue weighted by molar-refractivity contribution is 5.84. The standard InChI is InChI=1S/C26H30N2O7/c1-33-15-23(25(30)31)27-24(29)12-16-13-34-11-10-22(16)28-26(32)35-14-21-19-8-4-2-6-17(19)18-7-3-5-9-20(18)21/h2-9,16,21-23H,10-15H2,1H3,(H,27,29)(H,28,32)(H,30,31)/t16?,22?,23-/m0/s1. The summed E-state index contributed by atoms with van der Waals surface area (Å²) < 4.78 is 16.0. The highest BCUT2D eigenvalue weighted by Gasteiger charge is 2.32. The van der Waals surface area contributed by atoms with E-state index in [1.54, 1.807) is 0 Å². The lowest BCUT2D eigenvalue weighted by Crippen LogP contribution is -2.49. The van der Waals surface area contributed by atoms with Crippen LogP contribution >= 0.6 is 0 Å². The van der Waals surface area contributed by atoms with Crippen LogP contribution < -0.4 is 10.6 Å². The summed E-state index contributed by atoms with van der Waals surface area (Å²) in [4.78, 5) is 36.4. The summed E-state index contributed by atoms with van der Waals surface area (Å²) in [5, 5.41) is 14.6. The molecule has 2 aromatic carbocycles. The number of carboxylic acid groups (broad SMARTS) is 1. The summed E-state index contributed by atoms with van der Waals surface area (Å²) in [6.07, 6.45) is -0.00308. The number of benzene rings is 2. The maximum absolute atomic E-state index is 12.7. The van der Waals surface area contributed by atoms with Crippen molar-refractivity contribution < 1.29 is 33.7 Å².